The van der Waals surface area contributed by atoms with E-state index in [1.54, 1.807) is 36.1 Å². The van der Waals surface area contributed by atoms with Gasteiger partial charge >= 0.3 is 0 Å². The molecule has 128 valence electrons. The highest BCUT2D eigenvalue weighted by Gasteiger charge is 2.37. The fraction of sp³-hybridized carbons (Fsp3) is 0.588. The van der Waals surface area contributed by atoms with Crippen LogP contribution in [0.5, 0.6) is 5.75 Å². The highest BCUT2D eigenvalue weighted by atomic mass is 32.2. The second kappa shape index (κ2) is 7.34. The zero-order chi connectivity index (χ0) is 17.0. The molecule has 0 aliphatic carbocycles. The maximum atomic E-state index is 12.9. The molecule has 0 aromatic heterocycles. The SMILES string of the molecule is COc1ccccc1C(C)S(=O)(=O)C(C)C(=O)N1CCCCC1. The van der Waals surface area contributed by atoms with E-state index in [1.807, 2.05) is 0 Å². The van der Waals surface area contributed by atoms with Crippen LogP contribution in [0.4, 0.5) is 0 Å². The summed E-state index contributed by atoms with van der Waals surface area (Å²) in [4.78, 5) is 14.2. The van der Waals surface area contributed by atoms with Crippen molar-refractivity contribution in [3.05, 3.63) is 29.8 Å². The van der Waals surface area contributed by atoms with Crippen LogP contribution in [-0.2, 0) is 14.6 Å². The minimum absolute atomic E-state index is 0.286. The van der Waals surface area contributed by atoms with Crippen molar-refractivity contribution in [1.82, 2.24) is 4.90 Å². The van der Waals surface area contributed by atoms with Crippen LogP contribution >= 0.6 is 0 Å². The first kappa shape index (κ1) is 17.8. The van der Waals surface area contributed by atoms with Gasteiger partial charge in [0.15, 0.2) is 9.84 Å². The van der Waals surface area contributed by atoms with Gasteiger partial charge in [-0.15, -0.1) is 0 Å². The number of hydrogen-bond donors (Lipinski definition) is 0. The van der Waals surface area contributed by atoms with E-state index in [-0.39, 0.29) is 5.91 Å². The Kier molecular flexibility index (Phi) is 5.68. The molecular formula is C17H25NO4S. The molecule has 0 saturated carbocycles. The van der Waals surface area contributed by atoms with Crippen LogP contribution in [0.2, 0.25) is 0 Å². The topological polar surface area (TPSA) is 63.7 Å². The molecule has 0 radical (unpaired) electrons. The van der Waals surface area contributed by atoms with Crippen LogP contribution in [0, 0.1) is 0 Å². The molecule has 6 heteroatoms. The number of carbonyl (C=O) groups is 1. The number of carbonyl (C=O) groups excluding carboxylic acids is 1. The van der Waals surface area contributed by atoms with E-state index in [0.29, 0.717) is 24.4 Å². The van der Waals surface area contributed by atoms with Gasteiger partial charge in [0.05, 0.1) is 12.4 Å². The third-order valence-electron chi connectivity index (χ3n) is 4.58. The van der Waals surface area contributed by atoms with Crippen molar-refractivity contribution in [3.63, 3.8) is 0 Å². The van der Waals surface area contributed by atoms with Crippen molar-refractivity contribution >= 4 is 15.7 Å². The lowest BCUT2D eigenvalue weighted by atomic mass is 10.1. The summed E-state index contributed by atoms with van der Waals surface area (Å²) in [6, 6.07) is 7.04. The third-order valence-corrected chi connectivity index (χ3v) is 7.00. The Hall–Kier alpha value is -1.56. The van der Waals surface area contributed by atoms with Gasteiger partial charge in [-0.2, -0.15) is 0 Å². The number of benzene rings is 1. The van der Waals surface area contributed by atoms with Crippen LogP contribution < -0.4 is 4.74 Å². The number of sulfone groups is 1. The van der Waals surface area contributed by atoms with E-state index in [2.05, 4.69) is 0 Å². The molecule has 1 saturated heterocycles. The monoisotopic (exact) mass is 339 g/mol. The minimum Gasteiger partial charge on any atom is -0.496 e. The summed E-state index contributed by atoms with van der Waals surface area (Å²) in [6.07, 6.45) is 2.99. The van der Waals surface area contributed by atoms with Crippen molar-refractivity contribution in [2.24, 2.45) is 0 Å². The Labute approximate surface area is 138 Å². The number of para-hydroxylation sites is 1. The smallest absolute Gasteiger partial charge is 0.240 e. The molecule has 2 atom stereocenters. The van der Waals surface area contributed by atoms with Crippen molar-refractivity contribution in [2.45, 2.75) is 43.6 Å². The maximum Gasteiger partial charge on any atom is 0.240 e. The van der Waals surface area contributed by atoms with Crippen LogP contribution in [0.3, 0.4) is 0 Å². The van der Waals surface area contributed by atoms with Crippen LogP contribution in [0.25, 0.3) is 0 Å². The molecule has 2 rings (SSSR count). The number of ether oxygens (including phenoxy) is 1. The number of likely N-dealkylation sites (tertiary alicyclic amines) is 1. The second-order valence-corrected chi connectivity index (χ2v) is 8.59. The minimum atomic E-state index is -3.64. The molecule has 1 aromatic rings. The van der Waals surface area contributed by atoms with E-state index in [9.17, 15) is 13.2 Å². The molecule has 1 fully saturated rings. The molecule has 1 aliphatic rings. The fourth-order valence-electron chi connectivity index (χ4n) is 3.00. The van der Waals surface area contributed by atoms with Gasteiger partial charge in [0.25, 0.3) is 0 Å². The van der Waals surface area contributed by atoms with Crippen molar-refractivity contribution < 1.29 is 17.9 Å². The fourth-order valence-corrected chi connectivity index (χ4v) is 4.59. The number of piperidine rings is 1. The van der Waals surface area contributed by atoms with Gasteiger partial charge in [0.2, 0.25) is 5.91 Å². The highest BCUT2D eigenvalue weighted by Crippen LogP contribution is 2.32. The second-order valence-electron chi connectivity index (χ2n) is 6.00. The van der Waals surface area contributed by atoms with Crippen molar-refractivity contribution in [3.8, 4) is 5.75 Å². The molecule has 0 spiro atoms. The number of rotatable bonds is 5. The molecule has 5 nitrogen and oxygen atoms in total. The summed E-state index contributed by atoms with van der Waals surface area (Å²) < 4.78 is 31.0. The molecule has 1 amide bonds. The Morgan fingerprint density at radius 2 is 1.74 bits per heavy atom. The van der Waals surface area contributed by atoms with Gasteiger partial charge in [0, 0.05) is 18.7 Å². The van der Waals surface area contributed by atoms with E-state index in [1.165, 1.54) is 14.0 Å². The van der Waals surface area contributed by atoms with Gasteiger partial charge in [0.1, 0.15) is 11.0 Å². The van der Waals surface area contributed by atoms with E-state index in [4.69, 9.17) is 4.74 Å². The Morgan fingerprint density at radius 1 is 1.13 bits per heavy atom. The predicted molar refractivity (Wildman–Crippen MR) is 90.2 cm³/mol. The van der Waals surface area contributed by atoms with Crippen molar-refractivity contribution in [2.75, 3.05) is 20.2 Å². The van der Waals surface area contributed by atoms with E-state index < -0.39 is 20.3 Å². The molecule has 23 heavy (non-hydrogen) atoms. The first-order chi connectivity index (χ1) is 10.9. The van der Waals surface area contributed by atoms with Gasteiger partial charge < -0.3 is 9.64 Å². The van der Waals surface area contributed by atoms with Crippen LogP contribution in [-0.4, -0.2) is 44.7 Å². The zero-order valence-corrected chi connectivity index (χ0v) is 14.8. The predicted octanol–water partition coefficient (Wildman–Crippen LogP) is 2.57. The van der Waals surface area contributed by atoms with E-state index >= 15 is 0 Å². The number of hydrogen-bond acceptors (Lipinski definition) is 4. The molecule has 0 bridgehead atoms. The first-order valence-electron chi connectivity index (χ1n) is 8.04. The molecule has 1 aliphatic heterocycles. The molecule has 2 unspecified atom stereocenters. The average Bonchev–Trinajstić information content (AvgIpc) is 2.60. The quantitative estimate of drug-likeness (QED) is 0.827. The third kappa shape index (κ3) is 3.68. The standard InChI is InChI=1S/C17H25NO4S/c1-13(15-9-5-6-10-16(15)22-3)23(20,21)14(2)17(19)18-11-7-4-8-12-18/h5-6,9-10,13-14H,4,7-8,11-12H2,1-3H3. The molecular weight excluding hydrogens is 314 g/mol. The van der Waals surface area contributed by atoms with Crippen LogP contribution in [0.15, 0.2) is 24.3 Å². The largest absolute Gasteiger partial charge is 0.496 e. The van der Waals surface area contributed by atoms with Gasteiger partial charge in [-0.1, -0.05) is 18.2 Å². The summed E-state index contributed by atoms with van der Waals surface area (Å²) in [7, 11) is -2.13. The zero-order valence-electron chi connectivity index (χ0n) is 14.0. The lowest BCUT2D eigenvalue weighted by Gasteiger charge is -2.30. The summed E-state index contributed by atoms with van der Waals surface area (Å²) >= 11 is 0. The Bertz CT molecular complexity index is 650. The number of nitrogens with zero attached hydrogens (tertiary/aromatic N) is 1. The van der Waals surface area contributed by atoms with Crippen molar-refractivity contribution in [1.29, 1.82) is 0 Å². The Morgan fingerprint density at radius 3 is 2.35 bits per heavy atom. The molecule has 1 aromatic carbocycles. The van der Waals surface area contributed by atoms with Crippen LogP contribution in [0.1, 0.15) is 43.9 Å². The highest BCUT2D eigenvalue weighted by molar-refractivity contribution is 7.93. The lowest BCUT2D eigenvalue weighted by molar-refractivity contribution is -0.131. The summed E-state index contributed by atoms with van der Waals surface area (Å²) in [5.41, 5.74) is 0.591. The summed E-state index contributed by atoms with van der Waals surface area (Å²) in [5.74, 6) is 0.243. The van der Waals surface area contributed by atoms with E-state index in [0.717, 1.165) is 19.3 Å². The first-order valence-corrected chi connectivity index (χ1v) is 9.65. The number of amides is 1. The van der Waals surface area contributed by atoms with Gasteiger partial charge in [-0.25, -0.2) is 8.42 Å². The lowest BCUT2D eigenvalue weighted by Crippen LogP contribution is -2.44. The number of methoxy groups -OCH3 is 1. The normalized spacial score (nSPS) is 18.3. The molecule has 0 N–H and O–H groups in total. The maximum absolute atomic E-state index is 12.9. The molecule has 1 heterocycles. The summed E-state index contributed by atoms with van der Waals surface area (Å²) in [5, 5.41) is -1.83. The average molecular weight is 339 g/mol. The van der Waals surface area contributed by atoms with Gasteiger partial charge in [-0.05, 0) is 39.2 Å². The van der Waals surface area contributed by atoms with Gasteiger partial charge in [-0.3, -0.25) is 4.79 Å². The Balaban J connectivity index is 2.23. The summed E-state index contributed by atoms with van der Waals surface area (Å²) in [6.45, 7) is 4.43.